The highest BCUT2D eigenvalue weighted by Crippen LogP contribution is 2.66. The smallest absolute Gasteiger partial charge is 0.116 e. The lowest BCUT2D eigenvalue weighted by atomic mass is 9.45. The number of aliphatic hydroxyl groups is 1. The third-order valence-electron chi connectivity index (χ3n) is 8.71. The number of alkyl halides is 1. The number of halogens is 1. The Labute approximate surface area is 134 Å². The number of hydrogen-bond acceptors (Lipinski definition) is 2. The Morgan fingerprint density at radius 2 is 1.68 bits per heavy atom. The molecule has 1 unspecified atom stereocenters. The van der Waals surface area contributed by atoms with Gasteiger partial charge in [0, 0.05) is 6.04 Å². The molecule has 4 fully saturated rings. The standard InChI is InChI=1S/C19H32FNO/c1-18-7-5-12(22)9-11(18)3-4-13-14(18)6-8-19(2)15(13)10-16(20)17(19)21/h11-17,22H,3-10,21H2,1-2H3/t11?,12-,13-,14+,15+,16-,17+,18+,19+/m1/s1. The summed E-state index contributed by atoms with van der Waals surface area (Å²) in [5.41, 5.74) is 6.67. The van der Waals surface area contributed by atoms with E-state index in [0.29, 0.717) is 29.6 Å². The quantitative estimate of drug-likeness (QED) is 0.717. The van der Waals surface area contributed by atoms with Gasteiger partial charge < -0.3 is 10.8 Å². The monoisotopic (exact) mass is 309 g/mol. The molecule has 4 saturated carbocycles. The van der Waals surface area contributed by atoms with Crippen LogP contribution in [0.2, 0.25) is 0 Å². The molecule has 4 aliphatic rings. The molecule has 3 N–H and O–H groups in total. The van der Waals surface area contributed by atoms with E-state index in [1.54, 1.807) is 0 Å². The number of nitrogens with two attached hydrogens (primary N) is 1. The third-order valence-corrected chi connectivity index (χ3v) is 8.71. The second kappa shape index (κ2) is 4.92. The van der Waals surface area contributed by atoms with Crippen molar-refractivity contribution in [2.75, 3.05) is 0 Å². The molecular weight excluding hydrogens is 277 g/mol. The van der Waals surface area contributed by atoms with Gasteiger partial charge in [-0.25, -0.2) is 4.39 Å². The second-order valence-electron chi connectivity index (χ2n) is 9.41. The summed E-state index contributed by atoms with van der Waals surface area (Å²) in [6.07, 6.45) is 7.72. The molecule has 0 saturated heterocycles. The Balaban J connectivity index is 1.63. The molecule has 0 aromatic carbocycles. The van der Waals surface area contributed by atoms with Gasteiger partial charge in [0.05, 0.1) is 6.10 Å². The van der Waals surface area contributed by atoms with Crippen molar-refractivity contribution in [2.24, 2.45) is 40.2 Å². The second-order valence-corrected chi connectivity index (χ2v) is 9.41. The first kappa shape index (κ1) is 15.4. The maximum absolute atomic E-state index is 14.3. The first-order valence-electron chi connectivity index (χ1n) is 9.44. The molecule has 0 spiro atoms. The van der Waals surface area contributed by atoms with Crippen LogP contribution in [0.3, 0.4) is 0 Å². The molecule has 4 aliphatic carbocycles. The molecule has 0 aromatic heterocycles. The van der Waals surface area contributed by atoms with Crippen LogP contribution in [0.15, 0.2) is 0 Å². The van der Waals surface area contributed by atoms with Gasteiger partial charge in [-0.1, -0.05) is 13.8 Å². The van der Waals surface area contributed by atoms with Crippen LogP contribution in [0.4, 0.5) is 4.39 Å². The van der Waals surface area contributed by atoms with Crippen molar-refractivity contribution in [2.45, 2.75) is 83.5 Å². The molecule has 0 aliphatic heterocycles. The van der Waals surface area contributed by atoms with E-state index >= 15 is 0 Å². The fraction of sp³-hybridized carbons (Fsp3) is 1.00. The highest BCUT2D eigenvalue weighted by Gasteiger charge is 2.61. The van der Waals surface area contributed by atoms with Gasteiger partial charge >= 0.3 is 0 Å². The van der Waals surface area contributed by atoms with Gasteiger partial charge in [-0.2, -0.15) is 0 Å². The van der Waals surface area contributed by atoms with Gasteiger partial charge in [-0.3, -0.25) is 0 Å². The number of aliphatic hydroxyl groups excluding tert-OH is 1. The van der Waals surface area contributed by atoms with E-state index in [1.807, 2.05) is 0 Å². The van der Waals surface area contributed by atoms with Crippen LogP contribution in [-0.2, 0) is 0 Å². The van der Waals surface area contributed by atoms with Crippen molar-refractivity contribution in [3.05, 3.63) is 0 Å². The van der Waals surface area contributed by atoms with E-state index in [4.69, 9.17) is 5.73 Å². The van der Waals surface area contributed by atoms with Crippen molar-refractivity contribution < 1.29 is 9.50 Å². The Morgan fingerprint density at radius 1 is 0.955 bits per heavy atom. The van der Waals surface area contributed by atoms with Crippen LogP contribution in [-0.4, -0.2) is 23.4 Å². The molecule has 0 heterocycles. The zero-order valence-electron chi connectivity index (χ0n) is 14.1. The molecule has 9 atom stereocenters. The van der Waals surface area contributed by atoms with Crippen molar-refractivity contribution in [1.29, 1.82) is 0 Å². The highest BCUT2D eigenvalue weighted by atomic mass is 19.1. The van der Waals surface area contributed by atoms with Crippen LogP contribution < -0.4 is 5.73 Å². The van der Waals surface area contributed by atoms with Crippen LogP contribution in [0, 0.1) is 34.5 Å². The summed E-state index contributed by atoms with van der Waals surface area (Å²) >= 11 is 0. The van der Waals surface area contributed by atoms with E-state index < -0.39 is 6.17 Å². The zero-order chi connectivity index (χ0) is 15.7. The fourth-order valence-electron chi connectivity index (χ4n) is 7.24. The Hall–Kier alpha value is -0.150. The largest absolute Gasteiger partial charge is 0.393 e. The molecule has 3 heteroatoms. The number of hydrogen-bond donors (Lipinski definition) is 2. The van der Waals surface area contributed by atoms with Crippen molar-refractivity contribution >= 4 is 0 Å². The van der Waals surface area contributed by atoms with Gasteiger partial charge in [0.15, 0.2) is 0 Å². The third kappa shape index (κ3) is 1.90. The predicted molar refractivity (Wildman–Crippen MR) is 86.0 cm³/mol. The molecule has 0 bridgehead atoms. The Bertz CT molecular complexity index is 457. The normalized spacial score (nSPS) is 61.2. The molecule has 0 aromatic rings. The van der Waals surface area contributed by atoms with Crippen molar-refractivity contribution in [3.8, 4) is 0 Å². The molecule has 126 valence electrons. The lowest BCUT2D eigenvalue weighted by Gasteiger charge is -2.60. The van der Waals surface area contributed by atoms with Crippen LogP contribution >= 0.6 is 0 Å². The zero-order valence-corrected chi connectivity index (χ0v) is 14.1. The van der Waals surface area contributed by atoms with E-state index in [0.717, 1.165) is 31.6 Å². The highest BCUT2D eigenvalue weighted by molar-refractivity contribution is 5.12. The SMILES string of the molecule is C[C@]12CC[C@H]3[C@@H](CCC4C[C@H](O)CC[C@@]43C)[C@@H]1C[C@@H](F)[C@@H]2N. The Kier molecular flexibility index (Phi) is 3.44. The minimum absolute atomic E-state index is 0.0258. The predicted octanol–water partition coefficient (Wildman–Crippen LogP) is 3.67. The average Bonchev–Trinajstić information content (AvgIpc) is 2.72. The van der Waals surface area contributed by atoms with Crippen molar-refractivity contribution in [1.82, 2.24) is 0 Å². The summed E-state index contributed by atoms with van der Waals surface area (Å²) in [5, 5.41) is 10.1. The van der Waals surface area contributed by atoms with Gasteiger partial charge in [0.2, 0.25) is 0 Å². The van der Waals surface area contributed by atoms with Gasteiger partial charge in [-0.05, 0) is 85.9 Å². The van der Waals surface area contributed by atoms with E-state index in [1.165, 1.54) is 19.3 Å². The lowest BCUT2D eigenvalue weighted by Crippen LogP contribution is -2.55. The minimum Gasteiger partial charge on any atom is -0.393 e. The van der Waals surface area contributed by atoms with E-state index in [9.17, 15) is 9.50 Å². The van der Waals surface area contributed by atoms with Crippen molar-refractivity contribution in [3.63, 3.8) is 0 Å². The van der Waals surface area contributed by atoms with Crippen LogP contribution in [0.5, 0.6) is 0 Å². The number of fused-ring (bicyclic) bond motifs is 5. The van der Waals surface area contributed by atoms with Crippen LogP contribution in [0.25, 0.3) is 0 Å². The maximum Gasteiger partial charge on any atom is 0.116 e. The summed E-state index contributed by atoms with van der Waals surface area (Å²) in [5.74, 6) is 2.57. The molecule has 2 nitrogen and oxygen atoms in total. The first-order valence-corrected chi connectivity index (χ1v) is 9.44. The number of rotatable bonds is 0. The first-order chi connectivity index (χ1) is 10.4. The Morgan fingerprint density at radius 3 is 2.45 bits per heavy atom. The van der Waals surface area contributed by atoms with Gasteiger partial charge in [0.1, 0.15) is 6.17 Å². The summed E-state index contributed by atoms with van der Waals surface area (Å²) in [6, 6.07) is -0.253. The minimum atomic E-state index is -0.799. The molecule has 0 radical (unpaired) electrons. The summed E-state index contributed by atoms with van der Waals surface area (Å²) in [4.78, 5) is 0. The maximum atomic E-state index is 14.3. The fourth-order valence-corrected chi connectivity index (χ4v) is 7.24. The molecule has 4 rings (SSSR count). The summed E-state index contributed by atoms with van der Waals surface area (Å²) in [6.45, 7) is 4.74. The summed E-state index contributed by atoms with van der Waals surface area (Å²) in [7, 11) is 0. The average molecular weight is 309 g/mol. The van der Waals surface area contributed by atoms with E-state index in [2.05, 4.69) is 13.8 Å². The topological polar surface area (TPSA) is 46.2 Å². The lowest BCUT2D eigenvalue weighted by molar-refractivity contribution is -0.122. The summed E-state index contributed by atoms with van der Waals surface area (Å²) < 4.78 is 14.3. The van der Waals surface area contributed by atoms with Crippen LogP contribution in [0.1, 0.15) is 65.2 Å². The molecule has 0 amide bonds. The van der Waals surface area contributed by atoms with E-state index in [-0.39, 0.29) is 17.6 Å². The molecular formula is C19H32FNO. The van der Waals surface area contributed by atoms with Gasteiger partial charge in [0.25, 0.3) is 0 Å². The van der Waals surface area contributed by atoms with Gasteiger partial charge in [-0.15, -0.1) is 0 Å². The molecule has 22 heavy (non-hydrogen) atoms.